The third kappa shape index (κ3) is 3.55. The number of benzene rings is 1. The van der Waals surface area contributed by atoms with E-state index in [0.717, 1.165) is 11.5 Å². The maximum absolute atomic E-state index is 12.7. The van der Waals surface area contributed by atoms with E-state index in [-0.39, 0.29) is 5.91 Å². The zero-order valence-corrected chi connectivity index (χ0v) is 15.5. The summed E-state index contributed by atoms with van der Waals surface area (Å²) in [6.07, 6.45) is 3.41. The van der Waals surface area contributed by atoms with Gasteiger partial charge in [0.2, 0.25) is 0 Å². The zero-order chi connectivity index (χ0) is 19.5. The number of piperazine rings is 1. The molecule has 1 aromatic carbocycles. The molecule has 8 nitrogen and oxygen atoms in total. The summed E-state index contributed by atoms with van der Waals surface area (Å²) < 4.78 is 1.73. The number of aryl methyl sites for hydroxylation is 1. The Morgan fingerprint density at radius 3 is 2.39 bits per heavy atom. The van der Waals surface area contributed by atoms with Gasteiger partial charge < -0.3 is 9.80 Å². The molecule has 0 spiro atoms. The number of amides is 1. The highest BCUT2D eigenvalue weighted by Crippen LogP contribution is 2.17. The van der Waals surface area contributed by atoms with Crippen LogP contribution in [0.15, 0.2) is 48.9 Å². The summed E-state index contributed by atoms with van der Waals surface area (Å²) in [7, 11) is 0. The van der Waals surface area contributed by atoms with Crippen molar-refractivity contribution in [1.29, 1.82) is 5.26 Å². The Hall–Kier alpha value is -3.73. The van der Waals surface area contributed by atoms with Crippen LogP contribution in [-0.2, 0) is 0 Å². The van der Waals surface area contributed by atoms with E-state index in [1.54, 1.807) is 28.9 Å². The summed E-state index contributed by atoms with van der Waals surface area (Å²) in [5.74, 6) is 1.53. The summed E-state index contributed by atoms with van der Waals surface area (Å²) in [6.45, 7) is 4.54. The lowest BCUT2D eigenvalue weighted by molar-refractivity contribution is 0.0746. The summed E-state index contributed by atoms with van der Waals surface area (Å²) >= 11 is 0. The number of carbonyl (C=O) groups is 1. The highest BCUT2D eigenvalue weighted by atomic mass is 16.2. The third-order valence-corrected chi connectivity index (χ3v) is 4.75. The number of carbonyl (C=O) groups excluding carboxylic acids is 1. The first-order valence-corrected chi connectivity index (χ1v) is 9.03. The number of hydrogen-bond acceptors (Lipinski definition) is 6. The molecule has 28 heavy (non-hydrogen) atoms. The van der Waals surface area contributed by atoms with Gasteiger partial charge in [-0.3, -0.25) is 4.79 Å². The molecule has 2 aromatic heterocycles. The lowest BCUT2D eigenvalue weighted by Crippen LogP contribution is -2.49. The van der Waals surface area contributed by atoms with Gasteiger partial charge in [-0.05, 0) is 37.3 Å². The quantitative estimate of drug-likeness (QED) is 0.695. The summed E-state index contributed by atoms with van der Waals surface area (Å²) in [5, 5.41) is 13.3. The highest BCUT2D eigenvalue weighted by molar-refractivity contribution is 5.94. The maximum Gasteiger partial charge on any atom is 0.253 e. The van der Waals surface area contributed by atoms with Gasteiger partial charge in [0, 0.05) is 44.0 Å². The van der Waals surface area contributed by atoms with Crippen LogP contribution in [-0.4, -0.2) is 56.7 Å². The zero-order valence-electron chi connectivity index (χ0n) is 15.5. The molecule has 4 rings (SSSR count). The van der Waals surface area contributed by atoms with Gasteiger partial charge in [-0.15, -0.1) is 0 Å². The van der Waals surface area contributed by atoms with Gasteiger partial charge >= 0.3 is 0 Å². The molecular formula is C20H19N7O. The van der Waals surface area contributed by atoms with Crippen LogP contribution in [0.5, 0.6) is 0 Å². The van der Waals surface area contributed by atoms with Crippen LogP contribution in [0.4, 0.5) is 5.82 Å². The van der Waals surface area contributed by atoms with Gasteiger partial charge in [0.1, 0.15) is 12.1 Å². The van der Waals surface area contributed by atoms with Crippen LogP contribution in [0.2, 0.25) is 0 Å². The van der Waals surface area contributed by atoms with Crippen LogP contribution < -0.4 is 4.90 Å². The van der Waals surface area contributed by atoms with E-state index in [2.05, 4.69) is 26.0 Å². The Labute approximate surface area is 162 Å². The highest BCUT2D eigenvalue weighted by Gasteiger charge is 2.23. The van der Waals surface area contributed by atoms with E-state index in [9.17, 15) is 4.79 Å². The SMILES string of the molecule is Cc1ccn(-c2cc(N3CCN(C(=O)c4ccc(C#N)cc4)CC3)ncn2)n1. The molecule has 1 saturated heterocycles. The maximum atomic E-state index is 12.7. The predicted molar refractivity (Wildman–Crippen MR) is 103 cm³/mol. The van der Waals surface area contributed by atoms with E-state index in [4.69, 9.17) is 5.26 Å². The molecule has 0 bridgehead atoms. The minimum atomic E-state index is -0.0143. The van der Waals surface area contributed by atoms with Gasteiger partial charge in [0.15, 0.2) is 5.82 Å². The molecule has 0 aliphatic carbocycles. The van der Waals surface area contributed by atoms with Crippen LogP contribution in [0.1, 0.15) is 21.6 Å². The third-order valence-electron chi connectivity index (χ3n) is 4.75. The smallest absolute Gasteiger partial charge is 0.253 e. The predicted octanol–water partition coefficient (Wildman–Crippen LogP) is 1.80. The second-order valence-electron chi connectivity index (χ2n) is 6.60. The molecule has 3 aromatic rings. The van der Waals surface area contributed by atoms with Gasteiger partial charge in [-0.2, -0.15) is 10.4 Å². The largest absolute Gasteiger partial charge is 0.353 e. The molecule has 1 aliphatic heterocycles. The minimum absolute atomic E-state index is 0.0143. The molecule has 1 amide bonds. The van der Waals surface area contributed by atoms with Gasteiger partial charge in [-0.25, -0.2) is 14.6 Å². The van der Waals surface area contributed by atoms with Crippen molar-refractivity contribution in [2.45, 2.75) is 6.92 Å². The summed E-state index contributed by atoms with van der Waals surface area (Å²) in [5.41, 5.74) is 2.08. The molecule has 0 N–H and O–H groups in total. The van der Waals surface area contributed by atoms with Crippen molar-refractivity contribution in [1.82, 2.24) is 24.6 Å². The molecule has 3 heterocycles. The topological polar surface area (TPSA) is 90.9 Å². The first-order valence-electron chi connectivity index (χ1n) is 9.03. The first kappa shape index (κ1) is 17.7. The van der Waals surface area contributed by atoms with Gasteiger partial charge in [0.25, 0.3) is 5.91 Å². The Morgan fingerprint density at radius 1 is 1.04 bits per heavy atom. The van der Waals surface area contributed by atoms with Crippen LogP contribution in [0.3, 0.4) is 0 Å². The first-order chi connectivity index (χ1) is 13.6. The van der Waals surface area contributed by atoms with Crippen LogP contribution in [0.25, 0.3) is 5.82 Å². The number of aromatic nitrogens is 4. The molecule has 1 aliphatic rings. The van der Waals surface area contributed by atoms with Gasteiger partial charge in [-0.1, -0.05) is 0 Å². The van der Waals surface area contributed by atoms with Gasteiger partial charge in [0.05, 0.1) is 17.3 Å². The minimum Gasteiger partial charge on any atom is -0.353 e. The number of rotatable bonds is 3. The monoisotopic (exact) mass is 373 g/mol. The van der Waals surface area contributed by atoms with Crippen molar-refractivity contribution in [2.75, 3.05) is 31.1 Å². The molecular weight excluding hydrogens is 354 g/mol. The summed E-state index contributed by atoms with van der Waals surface area (Å²) in [4.78, 5) is 25.3. The number of nitriles is 1. The lowest BCUT2D eigenvalue weighted by atomic mass is 10.1. The van der Waals surface area contributed by atoms with E-state index < -0.39 is 0 Å². The van der Waals surface area contributed by atoms with Crippen molar-refractivity contribution in [3.63, 3.8) is 0 Å². The molecule has 0 saturated carbocycles. The van der Waals surface area contributed by atoms with Crippen molar-refractivity contribution in [2.24, 2.45) is 0 Å². The van der Waals surface area contributed by atoms with E-state index in [1.165, 1.54) is 6.33 Å². The second kappa shape index (κ2) is 7.48. The van der Waals surface area contributed by atoms with Crippen molar-refractivity contribution < 1.29 is 4.79 Å². The standard InChI is InChI=1S/C20H19N7O/c1-15-6-7-27(24-15)19-12-18(22-14-23-19)25-8-10-26(11-9-25)20(28)17-4-2-16(13-21)3-5-17/h2-7,12,14H,8-11H2,1H3. The number of nitrogens with zero attached hydrogens (tertiary/aromatic N) is 7. The van der Waals surface area contributed by atoms with Crippen molar-refractivity contribution >= 4 is 11.7 Å². The van der Waals surface area contributed by atoms with Crippen LogP contribution in [0, 0.1) is 18.3 Å². The average molecular weight is 373 g/mol. The Kier molecular flexibility index (Phi) is 4.72. The fourth-order valence-electron chi connectivity index (χ4n) is 3.19. The van der Waals surface area contributed by atoms with E-state index in [1.807, 2.05) is 30.2 Å². The van der Waals surface area contributed by atoms with Crippen LogP contribution >= 0.6 is 0 Å². The van der Waals surface area contributed by atoms with Crippen molar-refractivity contribution in [3.05, 3.63) is 65.7 Å². The fraction of sp³-hybridized carbons (Fsp3) is 0.250. The Balaban J connectivity index is 1.42. The Bertz CT molecular complexity index is 1030. The van der Waals surface area contributed by atoms with E-state index in [0.29, 0.717) is 43.1 Å². The Morgan fingerprint density at radius 2 is 1.75 bits per heavy atom. The number of hydrogen-bond donors (Lipinski definition) is 0. The van der Waals surface area contributed by atoms with E-state index >= 15 is 0 Å². The lowest BCUT2D eigenvalue weighted by Gasteiger charge is -2.35. The molecule has 0 atom stereocenters. The summed E-state index contributed by atoms with van der Waals surface area (Å²) in [6, 6.07) is 12.6. The second-order valence-corrected chi connectivity index (χ2v) is 6.60. The fourth-order valence-corrected chi connectivity index (χ4v) is 3.19. The molecule has 0 radical (unpaired) electrons. The molecule has 140 valence electrons. The molecule has 8 heteroatoms. The average Bonchev–Trinajstić information content (AvgIpc) is 3.20. The normalized spacial score (nSPS) is 14.0. The molecule has 1 fully saturated rings. The van der Waals surface area contributed by atoms with Crippen molar-refractivity contribution in [3.8, 4) is 11.9 Å². The number of anilines is 1. The molecule has 0 unspecified atom stereocenters.